The molecule has 0 unspecified atom stereocenters. The molecule has 0 atom stereocenters. The molecular weight excluding hydrogens is 246 g/mol. The van der Waals surface area contributed by atoms with Gasteiger partial charge in [-0.05, 0) is 12.6 Å². The van der Waals surface area contributed by atoms with Crippen molar-refractivity contribution in [1.82, 2.24) is 0 Å². The van der Waals surface area contributed by atoms with Crippen LogP contribution in [0.5, 0.6) is 17.2 Å². The van der Waals surface area contributed by atoms with E-state index in [4.69, 9.17) is 26.8 Å². The van der Waals surface area contributed by atoms with Gasteiger partial charge < -0.3 is 20.3 Å². The number of halogens is 1. The topological polar surface area (TPSA) is 81.8 Å². The maximum atomic E-state index is 11.7. The van der Waals surface area contributed by atoms with Gasteiger partial charge in [-0.15, -0.1) is 0 Å². The molecule has 0 saturated heterocycles. The van der Waals surface area contributed by atoms with E-state index in [0.717, 1.165) is 0 Å². The number of benzene rings is 1. The zero-order valence-electron chi connectivity index (χ0n) is 9.62. The van der Waals surface area contributed by atoms with Gasteiger partial charge in [0.2, 0.25) is 0 Å². The number of aromatic hydroxyl groups is 1. The van der Waals surface area contributed by atoms with Crippen molar-refractivity contribution in [3.8, 4) is 17.2 Å². The minimum Gasteiger partial charge on any atom is -0.505 e. The first-order chi connectivity index (χ1) is 8.06. The number of carbonyl (C=O) groups excluding carboxylic acids is 1. The SMILES string of the molecule is COc1cc(C(=O)CCN)c(O)c(Cl)c1OC. The van der Waals surface area contributed by atoms with Crippen molar-refractivity contribution in [1.29, 1.82) is 0 Å². The fourth-order valence-corrected chi connectivity index (χ4v) is 1.69. The van der Waals surface area contributed by atoms with Gasteiger partial charge in [0.05, 0.1) is 19.8 Å². The van der Waals surface area contributed by atoms with Crippen molar-refractivity contribution in [2.24, 2.45) is 5.73 Å². The molecule has 0 bridgehead atoms. The maximum absolute atomic E-state index is 11.7. The highest BCUT2D eigenvalue weighted by Crippen LogP contribution is 2.43. The van der Waals surface area contributed by atoms with E-state index in [9.17, 15) is 9.90 Å². The first kappa shape index (κ1) is 13.6. The van der Waals surface area contributed by atoms with Crippen LogP contribution in [0.1, 0.15) is 16.8 Å². The standard InChI is InChI=1S/C11H14ClNO4/c1-16-8-5-6(7(14)3-4-13)10(15)9(12)11(8)17-2/h5,15H,3-4,13H2,1-2H3. The summed E-state index contributed by atoms with van der Waals surface area (Å²) < 4.78 is 10.0. The minimum atomic E-state index is -0.317. The van der Waals surface area contributed by atoms with Gasteiger partial charge in [-0.1, -0.05) is 11.6 Å². The number of phenols is 1. The molecule has 0 fully saturated rings. The van der Waals surface area contributed by atoms with Crippen molar-refractivity contribution in [3.05, 3.63) is 16.7 Å². The van der Waals surface area contributed by atoms with E-state index in [1.807, 2.05) is 0 Å². The Balaban J connectivity index is 3.34. The molecule has 0 aliphatic rings. The number of carbonyl (C=O) groups is 1. The highest BCUT2D eigenvalue weighted by Gasteiger charge is 2.21. The molecule has 0 spiro atoms. The van der Waals surface area contributed by atoms with E-state index in [1.165, 1.54) is 20.3 Å². The summed E-state index contributed by atoms with van der Waals surface area (Å²) in [7, 11) is 2.81. The predicted molar refractivity (Wildman–Crippen MR) is 64.2 cm³/mol. The van der Waals surface area contributed by atoms with E-state index in [1.54, 1.807) is 0 Å². The second kappa shape index (κ2) is 5.75. The first-order valence-corrected chi connectivity index (χ1v) is 5.31. The number of Topliss-reactive ketones (excluding diaryl/α,β-unsaturated/α-hetero) is 1. The second-order valence-electron chi connectivity index (χ2n) is 3.28. The quantitative estimate of drug-likeness (QED) is 0.785. The summed E-state index contributed by atoms with van der Waals surface area (Å²) in [4.78, 5) is 11.7. The Hall–Kier alpha value is -1.46. The Kier molecular flexibility index (Phi) is 4.60. The van der Waals surface area contributed by atoms with E-state index in [-0.39, 0.29) is 46.6 Å². The van der Waals surface area contributed by atoms with Crippen molar-refractivity contribution in [2.75, 3.05) is 20.8 Å². The van der Waals surface area contributed by atoms with E-state index < -0.39 is 0 Å². The smallest absolute Gasteiger partial charge is 0.183 e. The Morgan fingerprint density at radius 1 is 1.47 bits per heavy atom. The molecule has 1 rings (SSSR count). The summed E-state index contributed by atoms with van der Waals surface area (Å²) in [6, 6.07) is 1.39. The van der Waals surface area contributed by atoms with Crippen LogP contribution in [0, 0.1) is 0 Å². The van der Waals surface area contributed by atoms with Gasteiger partial charge in [0.1, 0.15) is 10.8 Å². The number of ketones is 1. The van der Waals surface area contributed by atoms with Gasteiger partial charge in [0.15, 0.2) is 17.3 Å². The van der Waals surface area contributed by atoms with Crippen LogP contribution in [-0.2, 0) is 0 Å². The Morgan fingerprint density at radius 3 is 2.59 bits per heavy atom. The molecule has 3 N–H and O–H groups in total. The van der Waals surface area contributed by atoms with Crippen LogP contribution in [0.15, 0.2) is 6.07 Å². The molecule has 17 heavy (non-hydrogen) atoms. The Labute approximate surface area is 104 Å². The van der Waals surface area contributed by atoms with Gasteiger partial charge in [-0.2, -0.15) is 0 Å². The lowest BCUT2D eigenvalue weighted by Gasteiger charge is -2.13. The lowest BCUT2D eigenvalue weighted by Crippen LogP contribution is -2.09. The van der Waals surface area contributed by atoms with Crippen LogP contribution in [0.3, 0.4) is 0 Å². The van der Waals surface area contributed by atoms with Gasteiger partial charge in [-0.25, -0.2) is 0 Å². The zero-order valence-corrected chi connectivity index (χ0v) is 10.4. The van der Waals surface area contributed by atoms with Crippen molar-refractivity contribution in [3.63, 3.8) is 0 Å². The van der Waals surface area contributed by atoms with Crippen LogP contribution in [0.4, 0.5) is 0 Å². The summed E-state index contributed by atoms with van der Waals surface area (Å²) in [6.07, 6.45) is 0.124. The molecule has 0 radical (unpaired) electrons. The fraction of sp³-hybridized carbons (Fsp3) is 0.364. The van der Waals surface area contributed by atoms with Gasteiger partial charge in [-0.3, -0.25) is 4.79 Å². The zero-order chi connectivity index (χ0) is 13.0. The summed E-state index contributed by atoms with van der Waals surface area (Å²) in [6.45, 7) is 0.199. The minimum absolute atomic E-state index is 0.0489. The Bertz CT molecular complexity index is 434. The number of rotatable bonds is 5. The lowest BCUT2D eigenvalue weighted by molar-refractivity contribution is 0.0982. The average molecular weight is 260 g/mol. The van der Waals surface area contributed by atoms with Crippen molar-refractivity contribution < 1.29 is 19.4 Å². The van der Waals surface area contributed by atoms with Crippen LogP contribution in [0.25, 0.3) is 0 Å². The second-order valence-corrected chi connectivity index (χ2v) is 3.66. The number of methoxy groups -OCH3 is 2. The fourth-order valence-electron chi connectivity index (χ4n) is 1.42. The summed E-state index contributed by atoms with van der Waals surface area (Å²) >= 11 is 5.89. The summed E-state index contributed by atoms with van der Waals surface area (Å²) in [5.41, 5.74) is 5.37. The van der Waals surface area contributed by atoms with E-state index >= 15 is 0 Å². The molecular formula is C11H14ClNO4. The predicted octanol–water partition coefficient (Wildman–Crippen LogP) is 1.59. The lowest BCUT2D eigenvalue weighted by atomic mass is 10.1. The third-order valence-electron chi connectivity index (χ3n) is 2.26. The normalized spacial score (nSPS) is 10.1. The summed E-state index contributed by atoms with van der Waals surface area (Å²) in [5.74, 6) is -0.137. The molecule has 0 amide bonds. The molecule has 0 saturated carbocycles. The molecule has 5 nitrogen and oxygen atoms in total. The van der Waals surface area contributed by atoms with Crippen LogP contribution in [-0.4, -0.2) is 31.7 Å². The third kappa shape index (κ3) is 2.62. The highest BCUT2D eigenvalue weighted by atomic mass is 35.5. The molecule has 0 heterocycles. The number of nitrogens with two attached hydrogens (primary N) is 1. The van der Waals surface area contributed by atoms with Gasteiger partial charge >= 0.3 is 0 Å². The molecule has 1 aromatic carbocycles. The van der Waals surface area contributed by atoms with Crippen molar-refractivity contribution in [2.45, 2.75) is 6.42 Å². The number of hydrogen-bond acceptors (Lipinski definition) is 5. The third-order valence-corrected chi connectivity index (χ3v) is 2.61. The monoisotopic (exact) mass is 259 g/mol. The van der Waals surface area contributed by atoms with Crippen LogP contribution < -0.4 is 15.2 Å². The molecule has 0 aliphatic heterocycles. The van der Waals surface area contributed by atoms with E-state index in [2.05, 4.69) is 0 Å². The molecule has 0 aliphatic carbocycles. The largest absolute Gasteiger partial charge is 0.505 e. The molecule has 0 aromatic heterocycles. The molecule has 6 heteroatoms. The molecule has 94 valence electrons. The highest BCUT2D eigenvalue weighted by molar-refractivity contribution is 6.34. The van der Waals surface area contributed by atoms with Gasteiger partial charge in [0, 0.05) is 6.42 Å². The summed E-state index contributed by atoms with van der Waals surface area (Å²) in [5, 5.41) is 9.75. The number of hydrogen-bond donors (Lipinski definition) is 2. The average Bonchev–Trinajstić information content (AvgIpc) is 2.32. The number of phenolic OH excluding ortho intramolecular Hbond substituents is 1. The van der Waals surface area contributed by atoms with Crippen molar-refractivity contribution >= 4 is 17.4 Å². The maximum Gasteiger partial charge on any atom is 0.183 e. The van der Waals surface area contributed by atoms with E-state index in [0.29, 0.717) is 0 Å². The number of ether oxygens (including phenoxy) is 2. The van der Waals surface area contributed by atoms with Crippen LogP contribution >= 0.6 is 11.6 Å². The Morgan fingerprint density at radius 2 is 2.12 bits per heavy atom. The first-order valence-electron chi connectivity index (χ1n) is 4.93. The molecule has 1 aromatic rings. The van der Waals surface area contributed by atoms with Crippen LogP contribution in [0.2, 0.25) is 5.02 Å². The van der Waals surface area contributed by atoms with Gasteiger partial charge in [0.25, 0.3) is 0 Å².